The third kappa shape index (κ3) is 4.85. The van der Waals surface area contributed by atoms with E-state index in [9.17, 15) is 27.5 Å². The summed E-state index contributed by atoms with van der Waals surface area (Å²) in [6, 6.07) is 5.52. The number of benzene rings is 1. The lowest BCUT2D eigenvalue weighted by molar-refractivity contribution is -0.323. The summed E-state index contributed by atoms with van der Waals surface area (Å²) in [4.78, 5) is 16.5. The van der Waals surface area contributed by atoms with Gasteiger partial charge in [0.25, 0.3) is 5.91 Å². The number of pyridine rings is 1. The van der Waals surface area contributed by atoms with Crippen LogP contribution < -0.4 is 5.32 Å². The van der Waals surface area contributed by atoms with Crippen molar-refractivity contribution in [2.75, 3.05) is 13.7 Å². The molecule has 0 aliphatic rings. The Morgan fingerprint density at radius 3 is 2.46 bits per heavy atom. The fourth-order valence-electron chi connectivity index (χ4n) is 2.50. The number of methoxy groups -OCH3 is 1. The summed E-state index contributed by atoms with van der Waals surface area (Å²) in [6.45, 7) is 3.58. The largest absolute Gasteiger partial charge is 0.453 e. The Kier molecular flexibility index (Phi) is 6.41. The number of rotatable bonds is 6. The number of hydrogen-bond acceptors (Lipinski definition) is 4. The Morgan fingerprint density at radius 2 is 1.93 bits per heavy atom. The second kappa shape index (κ2) is 8.24. The maximum atomic E-state index is 14.2. The number of carbonyl (C=O) groups excluding carboxylic acids is 1. The Labute approximate surface area is 159 Å². The summed E-state index contributed by atoms with van der Waals surface area (Å²) in [5, 5.41) is 12.0. The van der Waals surface area contributed by atoms with Crippen molar-refractivity contribution in [3.8, 4) is 11.3 Å². The molecule has 0 bridgehead atoms. The molecule has 0 fully saturated rings. The van der Waals surface area contributed by atoms with Crippen LogP contribution >= 0.6 is 0 Å². The van der Waals surface area contributed by atoms with Gasteiger partial charge in [0.2, 0.25) is 0 Å². The number of alkyl halides is 4. The van der Waals surface area contributed by atoms with Crippen molar-refractivity contribution in [2.45, 2.75) is 31.9 Å². The van der Waals surface area contributed by atoms with Crippen molar-refractivity contribution in [1.29, 1.82) is 0 Å². The molecule has 2 aromatic rings. The predicted molar refractivity (Wildman–Crippen MR) is 94.3 cm³/mol. The standard InChI is InChI=1S/C19H20F4N2O3/c1-11-4-5-16(24-9-11)13-6-14(17(26)25-12(2)10-28-3)8-15(7-13)18(20,27)19(21,22)23/h4-9,12,27H,10H2,1-3H3,(H,25,26). The second-order valence-electron chi connectivity index (χ2n) is 6.47. The molecule has 0 aliphatic heterocycles. The van der Waals surface area contributed by atoms with Crippen LogP contribution in [0.5, 0.6) is 0 Å². The molecule has 28 heavy (non-hydrogen) atoms. The Hall–Kier alpha value is -2.52. The summed E-state index contributed by atoms with van der Waals surface area (Å²) >= 11 is 0. The average Bonchev–Trinajstić information content (AvgIpc) is 2.61. The van der Waals surface area contributed by atoms with Crippen LogP contribution in [0.3, 0.4) is 0 Å². The van der Waals surface area contributed by atoms with Crippen molar-refractivity contribution in [3.63, 3.8) is 0 Å². The minimum absolute atomic E-state index is 0.0577. The molecule has 0 saturated carbocycles. The highest BCUT2D eigenvalue weighted by Crippen LogP contribution is 2.41. The zero-order valence-electron chi connectivity index (χ0n) is 15.5. The molecule has 1 aromatic carbocycles. The first-order valence-electron chi connectivity index (χ1n) is 8.32. The number of carbonyl (C=O) groups is 1. The van der Waals surface area contributed by atoms with E-state index in [0.29, 0.717) is 6.07 Å². The molecular weight excluding hydrogens is 380 g/mol. The normalized spacial score (nSPS) is 15.0. The molecule has 2 rings (SSSR count). The van der Waals surface area contributed by atoms with Crippen LogP contribution in [0, 0.1) is 6.92 Å². The van der Waals surface area contributed by atoms with Gasteiger partial charge < -0.3 is 15.2 Å². The quantitative estimate of drug-likeness (QED) is 0.729. The fraction of sp³-hybridized carbons (Fsp3) is 0.368. The lowest BCUT2D eigenvalue weighted by Gasteiger charge is -2.23. The number of amides is 1. The maximum absolute atomic E-state index is 14.2. The molecule has 0 aliphatic carbocycles. The second-order valence-corrected chi connectivity index (χ2v) is 6.47. The van der Waals surface area contributed by atoms with Crippen LogP contribution in [-0.4, -0.2) is 41.9 Å². The molecule has 1 heterocycles. The highest BCUT2D eigenvalue weighted by molar-refractivity contribution is 5.96. The lowest BCUT2D eigenvalue weighted by Crippen LogP contribution is -2.39. The predicted octanol–water partition coefficient (Wildman–Crippen LogP) is 3.50. The van der Waals surface area contributed by atoms with Crippen molar-refractivity contribution in [2.24, 2.45) is 0 Å². The van der Waals surface area contributed by atoms with E-state index in [1.165, 1.54) is 25.4 Å². The van der Waals surface area contributed by atoms with Crippen LogP contribution in [0.25, 0.3) is 11.3 Å². The van der Waals surface area contributed by atoms with E-state index >= 15 is 0 Å². The van der Waals surface area contributed by atoms with E-state index in [0.717, 1.165) is 11.6 Å². The zero-order valence-corrected chi connectivity index (χ0v) is 15.5. The fourth-order valence-corrected chi connectivity index (χ4v) is 2.50. The summed E-state index contributed by atoms with van der Waals surface area (Å²) < 4.78 is 58.0. The molecule has 9 heteroatoms. The monoisotopic (exact) mass is 400 g/mol. The van der Waals surface area contributed by atoms with E-state index in [-0.39, 0.29) is 23.4 Å². The number of hydrogen-bond donors (Lipinski definition) is 2. The van der Waals surface area contributed by atoms with Crippen LogP contribution in [-0.2, 0) is 10.6 Å². The van der Waals surface area contributed by atoms with E-state index in [4.69, 9.17) is 4.74 Å². The minimum atomic E-state index is -5.58. The summed E-state index contributed by atoms with van der Waals surface area (Å²) in [5.74, 6) is -5.36. The average molecular weight is 400 g/mol. The third-order valence-corrected chi connectivity index (χ3v) is 3.95. The van der Waals surface area contributed by atoms with E-state index in [2.05, 4.69) is 10.3 Å². The highest BCUT2D eigenvalue weighted by Gasteiger charge is 2.56. The summed E-state index contributed by atoms with van der Waals surface area (Å²) in [5.41, 5.74) is -0.266. The van der Waals surface area contributed by atoms with Crippen LogP contribution in [0.15, 0.2) is 36.5 Å². The van der Waals surface area contributed by atoms with Crippen LogP contribution in [0.1, 0.15) is 28.4 Å². The highest BCUT2D eigenvalue weighted by atomic mass is 19.4. The number of aromatic nitrogens is 1. The Morgan fingerprint density at radius 1 is 1.25 bits per heavy atom. The van der Waals surface area contributed by atoms with Crippen LogP contribution in [0.2, 0.25) is 0 Å². The van der Waals surface area contributed by atoms with Crippen molar-refractivity contribution < 1.29 is 32.2 Å². The van der Waals surface area contributed by atoms with E-state index in [1.54, 1.807) is 19.9 Å². The van der Waals surface area contributed by atoms with Gasteiger partial charge in [-0.2, -0.15) is 17.6 Å². The first-order chi connectivity index (χ1) is 13.0. The van der Waals surface area contributed by atoms with Gasteiger partial charge in [0, 0.05) is 36.0 Å². The number of ether oxygens (including phenoxy) is 1. The molecule has 2 atom stereocenters. The van der Waals surface area contributed by atoms with Gasteiger partial charge >= 0.3 is 12.0 Å². The topological polar surface area (TPSA) is 71.5 Å². The number of aryl methyl sites for hydroxylation is 1. The van der Waals surface area contributed by atoms with Crippen LogP contribution in [0.4, 0.5) is 17.6 Å². The minimum Gasteiger partial charge on any atom is -0.383 e. The van der Waals surface area contributed by atoms with Gasteiger partial charge in [0.15, 0.2) is 0 Å². The molecular formula is C19H20F4N2O3. The van der Waals surface area contributed by atoms with Gasteiger partial charge in [-0.3, -0.25) is 9.78 Å². The van der Waals surface area contributed by atoms with Gasteiger partial charge in [-0.25, -0.2) is 0 Å². The van der Waals surface area contributed by atoms with Gasteiger partial charge in [-0.15, -0.1) is 0 Å². The summed E-state index contributed by atoms with van der Waals surface area (Å²) in [7, 11) is 1.43. The lowest BCUT2D eigenvalue weighted by atomic mass is 9.97. The molecule has 2 unspecified atom stereocenters. The third-order valence-electron chi connectivity index (χ3n) is 3.95. The molecule has 5 nitrogen and oxygen atoms in total. The van der Waals surface area contributed by atoms with Gasteiger partial charge in [-0.1, -0.05) is 6.07 Å². The molecule has 0 saturated heterocycles. The van der Waals surface area contributed by atoms with E-state index in [1.807, 2.05) is 0 Å². The number of nitrogens with one attached hydrogen (secondary N) is 1. The maximum Gasteiger partial charge on any atom is 0.453 e. The van der Waals surface area contributed by atoms with E-state index < -0.39 is 29.5 Å². The van der Waals surface area contributed by atoms with Crippen molar-refractivity contribution >= 4 is 5.91 Å². The zero-order chi connectivity index (χ0) is 21.1. The SMILES string of the molecule is COCC(C)NC(=O)c1cc(-c2ccc(C)cn2)cc(C(O)(F)C(F)(F)F)c1. The first kappa shape index (κ1) is 21.8. The summed E-state index contributed by atoms with van der Waals surface area (Å²) in [6.07, 6.45) is -4.10. The van der Waals surface area contributed by atoms with Gasteiger partial charge in [0.1, 0.15) is 0 Å². The first-order valence-corrected chi connectivity index (χ1v) is 8.32. The van der Waals surface area contributed by atoms with Gasteiger partial charge in [-0.05, 0) is 43.7 Å². The molecule has 0 spiro atoms. The molecule has 0 radical (unpaired) electrons. The number of aliphatic hydroxyl groups is 1. The molecule has 152 valence electrons. The van der Waals surface area contributed by atoms with Crippen molar-refractivity contribution in [3.05, 3.63) is 53.2 Å². The Balaban J connectivity index is 2.55. The number of nitrogens with zero attached hydrogens (tertiary/aromatic N) is 1. The molecule has 2 N–H and O–H groups in total. The molecule has 1 aromatic heterocycles. The van der Waals surface area contributed by atoms with Crippen molar-refractivity contribution in [1.82, 2.24) is 10.3 Å². The number of halogens is 4. The Bertz CT molecular complexity index is 836. The smallest absolute Gasteiger partial charge is 0.383 e. The van der Waals surface area contributed by atoms with Gasteiger partial charge in [0.05, 0.1) is 12.3 Å². The molecule has 1 amide bonds.